The van der Waals surface area contributed by atoms with Crippen LogP contribution in [0.4, 0.5) is 4.79 Å². The first-order chi connectivity index (χ1) is 9.99. The predicted molar refractivity (Wildman–Crippen MR) is 79.9 cm³/mol. The van der Waals surface area contributed by atoms with Gasteiger partial charge in [0.15, 0.2) is 0 Å². The highest BCUT2D eigenvalue weighted by Crippen LogP contribution is 2.26. The normalized spacial score (nSPS) is 21.0. The molecule has 1 aliphatic rings. The Labute approximate surface area is 125 Å². The van der Waals surface area contributed by atoms with Gasteiger partial charge in [-0.1, -0.05) is 30.7 Å². The van der Waals surface area contributed by atoms with Crippen LogP contribution >= 0.6 is 0 Å². The van der Waals surface area contributed by atoms with E-state index in [1.54, 1.807) is 11.9 Å². The summed E-state index contributed by atoms with van der Waals surface area (Å²) >= 11 is 0. The van der Waals surface area contributed by atoms with Crippen molar-refractivity contribution in [2.75, 3.05) is 7.05 Å². The van der Waals surface area contributed by atoms with E-state index in [0.717, 1.165) is 24.0 Å². The zero-order valence-corrected chi connectivity index (χ0v) is 12.5. The molecule has 0 radical (unpaired) electrons. The van der Waals surface area contributed by atoms with Gasteiger partial charge >= 0.3 is 12.0 Å². The van der Waals surface area contributed by atoms with Gasteiger partial charge in [0.25, 0.3) is 0 Å². The number of rotatable bonds is 4. The number of amides is 2. The predicted octanol–water partition coefficient (Wildman–Crippen LogP) is 2.39. The summed E-state index contributed by atoms with van der Waals surface area (Å²) in [5, 5.41) is 12.0. The molecule has 0 aromatic heterocycles. The number of carbonyl (C=O) groups is 2. The molecular weight excluding hydrogens is 268 g/mol. The Morgan fingerprint density at radius 1 is 1.33 bits per heavy atom. The number of carbonyl (C=O) groups excluding carboxylic acids is 1. The fraction of sp³-hybridized carbons (Fsp3) is 0.500. The Hall–Kier alpha value is -2.04. The summed E-state index contributed by atoms with van der Waals surface area (Å²) in [5.74, 6) is -1.28. The molecule has 2 amide bonds. The topological polar surface area (TPSA) is 69.6 Å². The van der Waals surface area contributed by atoms with E-state index in [0.29, 0.717) is 13.0 Å². The third-order valence-electron chi connectivity index (χ3n) is 4.16. The minimum atomic E-state index is -0.820. The van der Waals surface area contributed by atoms with Gasteiger partial charge < -0.3 is 15.3 Å². The van der Waals surface area contributed by atoms with Crippen LogP contribution in [0.5, 0.6) is 0 Å². The van der Waals surface area contributed by atoms with Crippen molar-refractivity contribution < 1.29 is 14.7 Å². The molecule has 5 heteroatoms. The van der Waals surface area contributed by atoms with Crippen LogP contribution in [0.15, 0.2) is 24.3 Å². The van der Waals surface area contributed by atoms with Crippen molar-refractivity contribution in [3.8, 4) is 0 Å². The van der Waals surface area contributed by atoms with E-state index in [1.807, 2.05) is 31.2 Å². The molecule has 1 aromatic rings. The van der Waals surface area contributed by atoms with Crippen LogP contribution in [-0.4, -0.2) is 35.1 Å². The number of urea groups is 1. The summed E-state index contributed by atoms with van der Waals surface area (Å²) in [5.41, 5.74) is 2.23. The first-order valence-electron chi connectivity index (χ1n) is 7.28. The molecule has 2 unspecified atom stereocenters. The molecule has 0 spiro atoms. The Morgan fingerprint density at radius 3 is 2.71 bits per heavy atom. The molecular formula is C16H22N2O3. The van der Waals surface area contributed by atoms with Crippen LogP contribution < -0.4 is 5.32 Å². The monoisotopic (exact) mass is 290 g/mol. The highest BCUT2D eigenvalue weighted by atomic mass is 16.4. The molecule has 1 fully saturated rings. The number of aryl methyl sites for hydroxylation is 1. The second-order valence-electron chi connectivity index (χ2n) is 5.71. The van der Waals surface area contributed by atoms with Crippen molar-refractivity contribution in [2.45, 2.75) is 38.8 Å². The summed E-state index contributed by atoms with van der Waals surface area (Å²) in [4.78, 5) is 24.9. The van der Waals surface area contributed by atoms with Gasteiger partial charge in [-0.25, -0.2) is 4.79 Å². The molecule has 0 aliphatic heterocycles. The van der Waals surface area contributed by atoms with Gasteiger partial charge in [-0.05, 0) is 30.9 Å². The maximum absolute atomic E-state index is 12.2. The molecule has 2 rings (SSSR count). The number of carboxylic acid groups (broad SMARTS) is 1. The molecule has 1 aliphatic carbocycles. The summed E-state index contributed by atoms with van der Waals surface area (Å²) in [6.07, 6.45) is 2.23. The average Bonchev–Trinajstić information content (AvgIpc) is 2.89. The molecule has 5 nitrogen and oxygen atoms in total. The minimum Gasteiger partial charge on any atom is -0.481 e. The second kappa shape index (κ2) is 6.61. The Morgan fingerprint density at radius 2 is 2.05 bits per heavy atom. The first-order valence-corrected chi connectivity index (χ1v) is 7.28. The van der Waals surface area contributed by atoms with E-state index in [4.69, 9.17) is 5.11 Å². The van der Waals surface area contributed by atoms with Crippen LogP contribution in [0.3, 0.4) is 0 Å². The SMILES string of the molecule is Cc1ccccc1CN(C)C(=O)NC1CCCC1C(=O)O. The van der Waals surface area contributed by atoms with E-state index in [2.05, 4.69) is 5.32 Å². The minimum absolute atomic E-state index is 0.212. The Balaban J connectivity index is 1.94. The number of nitrogens with one attached hydrogen (secondary N) is 1. The molecule has 0 saturated heterocycles. The first kappa shape index (κ1) is 15.4. The molecule has 1 aromatic carbocycles. The van der Waals surface area contributed by atoms with Gasteiger partial charge in [0, 0.05) is 19.6 Å². The number of hydrogen-bond acceptors (Lipinski definition) is 2. The standard InChI is InChI=1S/C16H22N2O3/c1-11-6-3-4-7-12(11)10-18(2)16(21)17-14-9-5-8-13(14)15(19)20/h3-4,6-7,13-14H,5,8-10H2,1-2H3,(H,17,21)(H,19,20). The lowest BCUT2D eigenvalue weighted by Gasteiger charge is -2.23. The van der Waals surface area contributed by atoms with Gasteiger partial charge in [0.2, 0.25) is 0 Å². The lowest BCUT2D eigenvalue weighted by atomic mass is 10.0. The van der Waals surface area contributed by atoms with E-state index in [1.165, 1.54) is 0 Å². The third-order valence-corrected chi connectivity index (χ3v) is 4.16. The summed E-state index contributed by atoms with van der Waals surface area (Å²) in [7, 11) is 1.73. The lowest BCUT2D eigenvalue weighted by Crippen LogP contribution is -2.45. The Bertz CT molecular complexity index is 530. The maximum Gasteiger partial charge on any atom is 0.317 e. The summed E-state index contributed by atoms with van der Waals surface area (Å²) in [6, 6.07) is 7.46. The number of carboxylic acids is 1. The van der Waals surface area contributed by atoms with Crippen molar-refractivity contribution in [1.29, 1.82) is 0 Å². The number of aliphatic carboxylic acids is 1. The molecule has 21 heavy (non-hydrogen) atoms. The van der Waals surface area contributed by atoms with Gasteiger partial charge in [-0.3, -0.25) is 4.79 Å². The zero-order chi connectivity index (χ0) is 15.4. The summed E-state index contributed by atoms with van der Waals surface area (Å²) in [6.45, 7) is 2.53. The van der Waals surface area contributed by atoms with Crippen LogP contribution in [0, 0.1) is 12.8 Å². The quantitative estimate of drug-likeness (QED) is 0.894. The number of hydrogen-bond donors (Lipinski definition) is 2. The smallest absolute Gasteiger partial charge is 0.317 e. The van der Waals surface area contributed by atoms with Crippen molar-refractivity contribution in [3.63, 3.8) is 0 Å². The number of benzene rings is 1. The molecule has 114 valence electrons. The average molecular weight is 290 g/mol. The van der Waals surface area contributed by atoms with Crippen molar-refractivity contribution >= 4 is 12.0 Å². The fourth-order valence-electron chi connectivity index (χ4n) is 2.81. The van der Waals surface area contributed by atoms with Crippen molar-refractivity contribution in [3.05, 3.63) is 35.4 Å². The highest BCUT2D eigenvalue weighted by Gasteiger charge is 2.34. The van der Waals surface area contributed by atoms with Crippen LogP contribution in [0.1, 0.15) is 30.4 Å². The molecule has 0 bridgehead atoms. The molecule has 0 heterocycles. The van der Waals surface area contributed by atoms with Crippen LogP contribution in [0.25, 0.3) is 0 Å². The number of nitrogens with zero attached hydrogens (tertiary/aromatic N) is 1. The van der Waals surface area contributed by atoms with Gasteiger partial charge in [0.1, 0.15) is 0 Å². The summed E-state index contributed by atoms with van der Waals surface area (Å²) < 4.78 is 0. The molecule has 2 atom stereocenters. The van der Waals surface area contributed by atoms with Gasteiger partial charge in [-0.2, -0.15) is 0 Å². The lowest BCUT2D eigenvalue weighted by molar-refractivity contribution is -0.142. The van der Waals surface area contributed by atoms with Crippen LogP contribution in [0.2, 0.25) is 0 Å². The fourth-order valence-corrected chi connectivity index (χ4v) is 2.81. The van der Waals surface area contributed by atoms with E-state index >= 15 is 0 Å². The zero-order valence-electron chi connectivity index (χ0n) is 12.5. The highest BCUT2D eigenvalue weighted by molar-refractivity contribution is 5.77. The van der Waals surface area contributed by atoms with Gasteiger partial charge in [0.05, 0.1) is 5.92 Å². The largest absolute Gasteiger partial charge is 0.481 e. The van der Waals surface area contributed by atoms with E-state index in [-0.39, 0.29) is 12.1 Å². The van der Waals surface area contributed by atoms with Gasteiger partial charge in [-0.15, -0.1) is 0 Å². The molecule has 2 N–H and O–H groups in total. The Kier molecular flexibility index (Phi) is 4.83. The van der Waals surface area contributed by atoms with Crippen molar-refractivity contribution in [2.24, 2.45) is 5.92 Å². The maximum atomic E-state index is 12.2. The van der Waals surface area contributed by atoms with E-state index < -0.39 is 11.9 Å². The third kappa shape index (κ3) is 3.74. The second-order valence-corrected chi connectivity index (χ2v) is 5.71. The molecule has 1 saturated carbocycles. The van der Waals surface area contributed by atoms with Crippen LogP contribution in [-0.2, 0) is 11.3 Å². The van der Waals surface area contributed by atoms with Crippen molar-refractivity contribution in [1.82, 2.24) is 10.2 Å². The van der Waals surface area contributed by atoms with E-state index in [9.17, 15) is 9.59 Å².